The van der Waals surface area contributed by atoms with E-state index in [0.29, 0.717) is 62.9 Å². The van der Waals surface area contributed by atoms with E-state index in [-0.39, 0.29) is 48.9 Å². The fourth-order valence-electron chi connectivity index (χ4n) is 9.32. The Labute approximate surface area is 371 Å². The van der Waals surface area contributed by atoms with Gasteiger partial charge in [-0.2, -0.15) is 0 Å². The van der Waals surface area contributed by atoms with Crippen LogP contribution in [0.3, 0.4) is 0 Å². The lowest BCUT2D eigenvalue weighted by Crippen LogP contribution is -2.54. The molecule has 1 saturated carbocycles. The van der Waals surface area contributed by atoms with Crippen LogP contribution in [-0.4, -0.2) is 113 Å². The third-order valence-electron chi connectivity index (χ3n) is 13.5. The van der Waals surface area contributed by atoms with Crippen molar-refractivity contribution in [2.24, 2.45) is 35.5 Å². The predicted octanol–water partition coefficient (Wildman–Crippen LogP) is 7.22. The van der Waals surface area contributed by atoms with Gasteiger partial charge in [0, 0.05) is 39.0 Å². The average molecular weight is 870 g/mol. The standard InChI is InChI=1S/C50H79NO11/c1-31-16-11-10-12-17-32(2)26-36(6)45(55)48(61-9)46(56)37(7)27-34(4)42(53)30-43(35(5)28-38-18-15-19-40(29-38)60-8)62-50(59)41-20-13-14-25-51(41)49(58)47(57)44(54)33(3)22-24-39(52)23-21-31/h10-12,16-17,27,32-33,35-41,43-44,46,48,52,54,56H,13-15,18-26,28-30H2,1-9H3/b11-10?,17-12?,31-16?,34-27-. The summed E-state index contributed by atoms with van der Waals surface area (Å²) in [6.45, 7) is 13.0. The number of ketones is 3. The summed E-state index contributed by atoms with van der Waals surface area (Å²) in [5.74, 6) is -4.67. The van der Waals surface area contributed by atoms with Gasteiger partial charge in [0.2, 0.25) is 5.78 Å². The molecule has 350 valence electrons. The maximum Gasteiger partial charge on any atom is 0.329 e. The first kappa shape index (κ1) is 53.1. The zero-order chi connectivity index (χ0) is 46.1. The number of methoxy groups -OCH3 is 2. The minimum Gasteiger partial charge on any atom is -0.460 e. The Kier molecular flexibility index (Phi) is 22.7. The summed E-state index contributed by atoms with van der Waals surface area (Å²) in [5, 5.41) is 33.2. The predicted molar refractivity (Wildman–Crippen MR) is 240 cm³/mol. The van der Waals surface area contributed by atoms with Crippen LogP contribution in [0.15, 0.2) is 47.6 Å². The number of piperidine rings is 1. The van der Waals surface area contributed by atoms with Crippen molar-refractivity contribution in [1.82, 2.24) is 4.90 Å². The second-order valence-electron chi connectivity index (χ2n) is 18.9. The van der Waals surface area contributed by atoms with E-state index in [4.69, 9.17) is 14.2 Å². The summed E-state index contributed by atoms with van der Waals surface area (Å²) in [6, 6.07) is -1.06. The number of Topliss-reactive ketones (excluding diaryl/α,β-unsaturated/α-hetero) is 3. The molecule has 0 aromatic rings. The molecule has 12 nitrogen and oxygen atoms in total. The van der Waals surface area contributed by atoms with E-state index in [0.717, 1.165) is 31.3 Å². The van der Waals surface area contributed by atoms with Gasteiger partial charge in [0.1, 0.15) is 24.4 Å². The lowest BCUT2D eigenvalue weighted by atomic mass is 9.79. The van der Waals surface area contributed by atoms with Crippen molar-refractivity contribution in [3.63, 3.8) is 0 Å². The van der Waals surface area contributed by atoms with Crippen molar-refractivity contribution in [3.8, 4) is 0 Å². The Bertz CT molecular complexity index is 1600. The van der Waals surface area contributed by atoms with Crippen molar-refractivity contribution >= 4 is 29.2 Å². The zero-order valence-corrected chi connectivity index (χ0v) is 39.1. The Balaban J connectivity index is 1.94. The highest BCUT2D eigenvalue weighted by atomic mass is 16.5. The minimum absolute atomic E-state index is 0.0646. The first-order valence-corrected chi connectivity index (χ1v) is 23.3. The van der Waals surface area contributed by atoms with Gasteiger partial charge in [0.25, 0.3) is 5.91 Å². The quantitative estimate of drug-likeness (QED) is 0.188. The fourth-order valence-corrected chi connectivity index (χ4v) is 9.32. The normalized spacial score (nSPS) is 35.8. The van der Waals surface area contributed by atoms with E-state index in [1.807, 2.05) is 58.1 Å². The van der Waals surface area contributed by atoms with Gasteiger partial charge in [0.15, 0.2) is 11.6 Å². The molecule has 0 aromatic heterocycles. The largest absolute Gasteiger partial charge is 0.460 e. The van der Waals surface area contributed by atoms with Gasteiger partial charge >= 0.3 is 5.97 Å². The van der Waals surface area contributed by atoms with Crippen molar-refractivity contribution in [3.05, 3.63) is 47.6 Å². The zero-order valence-electron chi connectivity index (χ0n) is 39.1. The number of nitrogens with zero attached hydrogens (tertiary/aromatic N) is 1. The highest BCUT2D eigenvalue weighted by Crippen LogP contribution is 2.34. The van der Waals surface area contributed by atoms with Crippen molar-refractivity contribution < 1.29 is 53.5 Å². The molecule has 0 bridgehead atoms. The summed E-state index contributed by atoms with van der Waals surface area (Å²) in [6.07, 6.45) is 14.3. The molecule has 3 rings (SSSR count). The fraction of sp³-hybridized carbons (Fsp3) is 0.740. The molecule has 1 saturated heterocycles. The van der Waals surface area contributed by atoms with Gasteiger partial charge in [-0.3, -0.25) is 19.2 Å². The minimum atomic E-state index is -1.60. The van der Waals surface area contributed by atoms with Crippen molar-refractivity contribution in [2.45, 2.75) is 181 Å². The maximum absolute atomic E-state index is 14.2. The number of ether oxygens (including phenoxy) is 3. The number of allylic oxidation sites excluding steroid dienone is 7. The van der Waals surface area contributed by atoms with Crippen LogP contribution < -0.4 is 0 Å². The number of cyclic esters (lactones) is 1. The molecule has 62 heavy (non-hydrogen) atoms. The van der Waals surface area contributed by atoms with Crippen LogP contribution in [-0.2, 0) is 38.2 Å². The highest BCUT2D eigenvalue weighted by molar-refractivity contribution is 6.38. The Morgan fingerprint density at radius 3 is 2.26 bits per heavy atom. The number of esters is 1. The molecule has 2 fully saturated rings. The van der Waals surface area contributed by atoms with E-state index in [1.54, 1.807) is 34.0 Å². The van der Waals surface area contributed by atoms with Gasteiger partial charge in [-0.15, -0.1) is 0 Å². The van der Waals surface area contributed by atoms with Gasteiger partial charge in [-0.1, -0.05) is 89.5 Å². The first-order chi connectivity index (χ1) is 29.4. The van der Waals surface area contributed by atoms with Gasteiger partial charge in [-0.25, -0.2) is 4.79 Å². The topological polar surface area (TPSA) is 177 Å². The molecule has 13 unspecified atom stereocenters. The number of hydrogen-bond donors (Lipinski definition) is 3. The Hall–Kier alpha value is -3.29. The number of rotatable bonds is 5. The van der Waals surface area contributed by atoms with Gasteiger partial charge in [0.05, 0.1) is 18.3 Å². The molecule has 0 spiro atoms. The van der Waals surface area contributed by atoms with Crippen LogP contribution in [0, 0.1) is 35.5 Å². The van der Waals surface area contributed by atoms with Crippen LogP contribution in [0.4, 0.5) is 0 Å². The van der Waals surface area contributed by atoms with E-state index < -0.39 is 72.0 Å². The van der Waals surface area contributed by atoms with Gasteiger partial charge in [-0.05, 0) is 114 Å². The molecule has 1 amide bonds. The lowest BCUT2D eigenvalue weighted by Gasteiger charge is -2.36. The van der Waals surface area contributed by atoms with E-state index in [1.165, 1.54) is 12.0 Å². The lowest BCUT2D eigenvalue weighted by molar-refractivity contribution is -0.167. The van der Waals surface area contributed by atoms with Crippen molar-refractivity contribution in [2.75, 3.05) is 20.8 Å². The smallest absolute Gasteiger partial charge is 0.329 e. The molecular weight excluding hydrogens is 791 g/mol. The van der Waals surface area contributed by atoms with Crippen LogP contribution >= 0.6 is 0 Å². The maximum atomic E-state index is 14.2. The van der Waals surface area contributed by atoms with Crippen LogP contribution in [0.25, 0.3) is 0 Å². The number of hydrogen-bond acceptors (Lipinski definition) is 11. The third-order valence-corrected chi connectivity index (χ3v) is 13.5. The molecule has 3 N–H and O–H groups in total. The summed E-state index contributed by atoms with van der Waals surface area (Å²) >= 11 is 0. The molecule has 13 atom stereocenters. The van der Waals surface area contributed by atoms with E-state index >= 15 is 0 Å². The highest BCUT2D eigenvalue weighted by Gasteiger charge is 2.41. The van der Waals surface area contributed by atoms with E-state index in [2.05, 4.69) is 0 Å². The SMILES string of the molecule is COC1CCCC(CC(C)C2CC(=O)/C(C)=C\C(C)C(O)C(OC)C(=O)C(C)CC(C)C=CC=CC=C(C)CCC(O)CCC(C)C(O)C(=O)C(=O)N3CCCCC3C(=O)O2)C1. The third kappa shape index (κ3) is 16.4. The summed E-state index contributed by atoms with van der Waals surface area (Å²) < 4.78 is 17.5. The molecule has 0 radical (unpaired) electrons. The second-order valence-corrected chi connectivity index (χ2v) is 18.9. The van der Waals surface area contributed by atoms with Crippen molar-refractivity contribution in [1.29, 1.82) is 0 Å². The summed E-state index contributed by atoms with van der Waals surface area (Å²) in [4.78, 5) is 70.2. The summed E-state index contributed by atoms with van der Waals surface area (Å²) in [5.41, 5.74) is 1.41. The molecule has 3 aliphatic rings. The van der Waals surface area contributed by atoms with Crippen LogP contribution in [0.1, 0.15) is 138 Å². The molecule has 2 heterocycles. The van der Waals surface area contributed by atoms with Gasteiger partial charge < -0.3 is 34.4 Å². The Morgan fingerprint density at radius 1 is 0.839 bits per heavy atom. The second kappa shape index (κ2) is 26.5. The number of aliphatic hydroxyl groups is 3. The molecule has 2 aliphatic heterocycles. The number of carbonyl (C=O) groups is 5. The number of carbonyl (C=O) groups excluding carboxylic acids is 5. The van der Waals surface area contributed by atoms with E-state index in [9.17, 15) is 39.3 Å². The summed E-state index contributed by atoms with van der Waals surface area (Å²) in [7, 11) is 3.11. The first-order valence-electron chi connectivity index (χ1n) is 23.3. The molecule has 12 heteroatoms. The number of fused-ring (bicyclic) bond motifs is 1. The molecular formula is C50H79NO11. The van der Waals surface area contributed by atoms with Crippen LogP contribution in [0.5, 0.6) is 0 Å². The number of aliphatic hydroxyl groups excluding tert-OH is 3. The average Bonchev–Trinajstić information content (AvgIpc) is 3.25. The number of amides is 1. The monoisotopic (exact) mass is 870 g/mol. The van der Waals surface area contributed by atoms with Crippen LogP contribution in [0.2, 0.25) is 0 Å². The molecule has 0 aromatic carbocycles. The Morgan fingerprint density at radius 2 is 1.56 bits per heavy atom. The molecule has 1 aliphatic carbocycles.